The average molecular weight is 401 g/mol. The van der Waals surface area contributed by atoms with E-state index in [1.165, 1.54) is 18.1 Å². The molecule has 2 heterocycles. The van der Waals surface area contributed by atoms with Crippen LogP contribution in [0.15, 0.2) is 18.5 Å². The summed E-state index contributed by atoms with van der Waals surface area (Å²) >= 11 is 0. The third-order valence-corrected chi connectivity index (χ3v) is 4.28. The number of methoxy groups -OCH3 is 1. The van der Waals surface area contributed by atoms with Gasteiger partial charge in [0.25, 0.3) is 0 Å². The van der Waals surface area contributed by atoms with Gasteiger partial charge in [-0.05, 0) is 31.4 Å². The highest BCUT2D eigenvalue weighted by Gasteiger charge is 2.24. The van der Waals surface area contributed by atoms with Crippen LogP contribution >= 0.6 is 0 Å². The lowest BCUT2D eigenvalue weighted by Crippen LogP contribution is -2.24. The molecule has 2 atom stereocenters. The smallest absolute Gasteiger partial charge is 0.203 e. The Morgan fingerprint density at radius 1 is 1.25 bits per heavy atom. The first-order valence-corrected chi connectivity index (χ1v) is 9.00. The number of aromatic nitrogens is 3. The summed E-state index contributed by atoms with van der Waals surface area (Å²) in [4.78, 5) is 4.14. The third-order valence-electron chi connectivity index (χ3n) is 4.28. The van der Waals surface area contributed by atoms with Crippen molar-refractivity contribution in [1.29, 1.82) is 0 Å². The lowest BCUT2D eigenvalue weighted by molar-refractivity contribution is -0.165. The Morgan fingerprint density at radius 3 is 2.86 bits per heavy atom. The molecule has 1 saturated heterocycles. The second-order valence-electron chi connectivity index (χ2n) is 6.27. The maximum atomic E-state index is 14.1. The fourth-order valence-electron chi connectivity index (χ4n) is 2.89. The molecule has 0 amide bonds. The molecule has 154 valence electrons. The van der Waals surface area contributed by atoms with Crippen molar-refractivity contribution in [2.45, 2.75) is 44.8 Å². The van der Waals surface area contributed by atoms with Crippen LogP contribution in [0.2, 0.25) is 0 Å². The van der Waals surface area contributed by atoms with Crippen LogP contribution < -0.4 is 4.74 Å². The van der Waals surface area contributed by atoms with Gasteiger partial charge in [-0.15, -0.1) is 0 Å². The largest absolute Gasteiger partial charge is 0.479 e. The first-order valence-electron chi connectivity index (χ1n) is 9.00. The van der Waals surface area contributed by atoms with E-state index in [2.05, 4.69) is 10.1 Å². The fraction of sp³-hybridized carbons (Fsp3) is 0.556. The fourth-order valence-corrected chi connectivity index (χ4v) is 2.89. The van der Waals surface area contributed by atoms with E-state index < -0.39 is 29.3 Å². The number of hydrogen-bond donors (Lipinski definition) is 0. The third kappa shape index (κ3) is 5.00. The number of nitrogens with zero attached hydrogens (tertiary/aromatic N) is 3. The molecule has 0 saturated carbocycles. The molecule has 2 aromatic rings. The van der Waals surface area contributed by atoms with Gasteiger partial charge in [-0.1, -0.05) is 0 Å². The van der Waals surface area contributed by atoms with E-state index >= 15 is 0 Å². The van der Waals surface area contributed by atoms with Gasteiger partial charge >= 0.3 is 0 Å². The van der Waals surface area contributed by atoms with Crippen molar-refractivity contribution in [1.82, 2.24) is 14.8 Å². The van der Waals surface area contributed by atoms with Crippen molar-refractivity contribution in [3.05, 3.63) is 41.7 Å². The molecular formula is C18H22F3N3O4. The number of ether oxygens (including phenoxy) is 4. The summed E-state index contributed by atoms with van der Waals surface area (Å²) in [5.41, 5.74) is 0. The van der Waals surface area contributed by atoms with Crippen LogP contribution in [0.4, 0.5) is 13.2 Å². The van der Waals surface area contributed by atoms with Crippen LogP contribution in [0.25, 0.3) is 0 Å². The van der Waals surface area contributed by atoms with Crippen LogP contribution in [-0.4, -0.2) is 41.4 Å². The molecule has 0 radical (unpaired) electrons. The molecule has 1 aliphatic heterocycles. The van der Waals surface area contributed by atoms with Gasteiger partial charge in [0.2, 0.25) is 5.82 Å². The summed E-state index contributed by atoms with van der Waals surface area (Å²) in [6, 6.07) is 1.83. The molecule has 3 rings (SSSR count). The standard InChI is InChI=1S/C18H22F3N3O4/c1-25-11-24-18(22-10-23-24)14(7-9-27-15-4-2-3-8-26-15)28-13-6-5-12(19)16(20)17(13)21/h5-6,10,14-15H,2-4,7-9,11H2,1H3. The van der Waals surface area contributed by atoms with Crippen LogP contribution in [0, 0.1) is 17.5 Å². The zero-order chi connectivity index (χ0) is 19.9. The summed E-state index contributed by atoms with van der Waals surface area (Å²) in [6.45, 7) is 0.981. The number of rotatable bonds is 9. The predicted molar refractivity (Wildman–Crippen MR) is 90.9 cm³/mol. The van der Waals surface area contributed by atoms with Crippen molar-refractivity contribution in [2.75, 3.05) is 20.3 Å². The minimum Gasteiger partial charge on any atom is -0.479 e. The number of hydrogen-bond acceptors (Lipinski definition) is 6. The van der Waals surface area contributed by atoms with E-state index in [4.69, 9.17) is 18.9 Å². The average Bonchev–Trinajstić information content (AvgIpc) is 3.16. The molecule has 0 aliphatic carbocycles. The lowest BCUT2D eigenvalue weighted by atomic mass is 10.2. The van der Waals surface area contributed by atoms with Gasteiger partial charge in [0.1, 0.15) is 13.1 Å². The van der Waals surface area contributed by atoms with Gasteiger partial charge in [0.05, 0.1) is 6.61 Å². The highest BCUT2D eigenvalue weighted by molar-refractivity contribution is 5.26. The molecule has 1 fully saturated rings. The lowest BCUT2D eigenvalue weighted by Gasteiger charge is -2.24. The van der Waals surface area contributed by atoms with Crippen LogP contribution in [0.3, 0.4) is 0 Å². The molecule has 10 heteroatoms. The number of benzene rings is 1. The van der Waals surface area contributed by atoms with E-state index in [0.29, 0.717) is 12.4 Å². The minimum absolute atomic E-state index is 0.0993. The normalized spacial score (nSPS) is 18.2. The monoisotopic (exact) mass is 401 g/mol. The van der Waals surface area contributed by atoms with Crippen molar-refractivity contribution in [3.63, 3.8) is 0 Å². The van der Waals surface area contributed by atoms with E-state index in [1.807, 2.05) is 0 Å². The maximum Gasteiger partial charge on any atom is 0.203 e. The molecule has 1 aliphatic rings. The molecule has 0 N–H and O–H groups in total. The van der Waals surface area contributed by atoms with Gasteiger partial charge in [0.15, 0.2) is 35.6 Å². The second kappa shape index (κ2) is 9.85. The Kier molecular flexibility index (Phi) is 7.24. The SMILES string of the molecule is COCn1ncnc1C(CCOC1CCCCO1)Oc1ccc(F)c(F)c1F. The van der Waals surface area contributed by atoms with E-state index in [1.54, 1.807) is 0 Å². The summed E-state index contributed by atoms with van der Waals surface area (Å²) in [6.07, 6.45) is 3.27. The topological polar surface area (TPSA) is 67.6 Å². The Bertz CT molecular complexity index is 769. The summed E-state index contributed by atoms with van der Waals surface area (Å²) in [5.74, 6) is -4.37. The number of halogens is 3. The van der Waals surface area contributed by atoms with Gasteiger partial charge in [-0.2, -0.15) is 9.49 Å². The van der Waals surface area contributed by atoms with Crippen LogP contribution in [0.5, 0.6) is 5.75 Å². The van der Waals surface area contributed by atoms with Gasteiger partial charge < -0.3 is 18.9 Å². The maximum absolute atomic E-state index is 14.1. The minimum atomic E-state index is -1.60. The highest BCUT2D eigenvalue weighted by atomic mass is 19.2. The Morgan fingerprint density at radius 2 is 2.11 bits per heavy atom. The molecular weight excluding hydrogens is 379 g/mol. The molecule has 28 heavy (non-hydrogen) atoms. The first kappa shape index (κ1) is 20.6. The van der Waals surface area contributed by atoms with Gasteiger partial charge in [0, 0.05) is 20.1 Å². The summed E-state index contributed by atoms with van der Waals surface area (Å²) in [5, 5.41) is 4.03. The second-order valence-corrected chi connectivity index (χ2v) is 6.27. The van der Waals surface area contributed by atoms with Crippen molar-refractivity contribution in [3.8, 4) is 5.75 Å². The van der Waals surface area contributed by atoms with Crippen LogP contribution in [-0.2, 0) is 20.9 Å². The molecule has 1 aromatic heterocycles. The Hall–Kier alpha value is -2.17. The summed E-state index contributed by atoms with van der Waals surface area (Å²) < 4.78 is 64.1. The molecule has 2 unspecified atom stereocenters. The highest BCUT2D eigenvalue weighted by Crippen LogP contribution is 2.29. The van der Waals surface area contributed by atoms with E-state index in [0.717, 1.165) is 31.4 Å². The quantitative estimate of drug-likeness (QED) is 0.601. The van der Waals surface area contributed by atoms with Gasteiger partial charge in [-0.3, -0.25) is 0 Å². The molecule has 1 aromatic carbocycles. The van der Waals surface area contributed by atoms with Crippen molar-refractivity contribution in [2.24, 2.45) is 0 Å². The Balaban J connectivity index is 1.74. The summed E-state index contributed by atoms with van der Waals surface area (Å²) in [7, 11) is 1.49. The zero-order valence-corrected chi connectivity index (χ0v) is 15.4. The van der Waals surface area contributed by atoms with Gasteiger partial charge in [-0.25, -0.2) is 18.4 Å². The molecule has 0 spiro atoms. The van der Waals surface area contributed by atoms with Crippen molar-refractivity contribution >= 4 is 0 Å². The van der Waals surface area contributed by atoms with Crippen molar-refractivity contribution < 1.29 is 32.1 Å². The van der Waals surface area contributed by atoms with E-state index in [-0.39, 0.29) is 26.0 Å². The molecule has 7 nitrogen and oxygen atoms in total. The zero-order valence-electron chi connectivity index (χ0n) is 15.4. The van der Waals surface area contributed by atoms with E-state index in [9.17, 15) is 13.2 Å². The van der Waals surface area contributed by atoms with Crippen LogP contribution in [0.1, 0.15) is 37.6 Å². The predicted octanol–water partition coefficient (Wildman–Crippen LogP) is 3.35. The molecule has 0 bridgehead atoms. The Labute approximate surface area is 160 Å². The first-order chi connectivity index (χ1) is 13.6.